The maximum Gasteiger partial charge on any atom is 0.217 e. The van der Waals surface area contributed by atoms with Crippen molar-refractivity contribution < 1.29 is 9.53 Å². The number of benzene rings is 1. The number of rotatable bonds is 6. The van der Waals surface area contributed by atoms with E-state index in [0.717, 1.165) is 23.8 Å². The standard InChI is InChI=1S/C16H23NO2/c17-16(18)11-8-13-6-9-15(10-7-13)19-12-14-4-2-1-3-5-14/h6-7,9-10,14H,1-5,8,11-12H2,(H2,17,18). The third-order valence-electron chi connectivity index (χ3n) is 3.79. The zero-order valence-corrected chi connectivity index (χ0v) is 11.4. The van der Waals surface area contributed by atoms with Crippen molar-refractivity contribution >= 4 is 5.91 Å². The van der Waals surface area contributed by atoms with Gasteiger partial charge in [0.2, 0.25) is 5.91 Å². The van der Waals surface area contributed by atoms with E-state index in [1.807, 2.05) is 24.3 Å². The molecule has 1 aromatic carbocycles. The molecule has 1 amide bonds. The molecule has 0 aliphatic heterocycles. The van der Waals surface area contributed by atoms with Gasteiger partial charge in [0.15, 0.2) is 0 Å². The van der Waals surface area contributed by atoms with Crippen LogP contribution in [0.5, 0.6) is 5.75 Å². The van der Waals surface area contributed by atoms with Crippen LogP contribution in [0.3, 0.4) is 0 Å². The maximum absolute atomic E-state index is 10.7. The van der Waals surface area contributed by atoms with Crippen LogP contribution in [0.15, 0.2) is 24.3 Å². The topological polar surface area (TPSA) is 52.3 Å². The second-order valence-electron chi connectivity index (χ2n) is 5.43. The summed E-state index contributed by atoms with van der Waals surface area (Å²) in [5, 5.41) is 0. The summed E-state index contributed by atoms with van der Waals surface area (Å²) in [6, 6.07) is 8.00. The molecular formula is C16H23NO2. The lowest BCUT2D eigenvalue weighted by Crippen LogP contribution is -2.15. The number of aryl methyl sites for hydroxylation is 1. The summed E-state index contributed by atoms with van der Waals surface area (Å²) < 4.78 is 5.83. The minimum atomic E-state index is -0.252. The monoisotopic (exact) mass is 261 g/mol. The highest BCUT2D eigenvalue weighted by atomic mass is 16.5. The van der Waals surface area contributed by atoms with Gasteiger partial charge in [-0.15, -0.1) is 0 Å². The van der Waals surface area contributed by atoms with Crippen molar-refractivity contribution in [2.24, 2.45) is 11.7 Å². The number of hydrogen-bond acceptors (Lipinski definition) is 2. The molecule has 0 atom stereocenters. The van der Waals surface area contributed by atoms with Crippen LogP contribution >= 0.6 is 0 Å². The van der Waals surface area contributed by atoms with E-state index in [0.29, 0.717) is 12.8 Å². The van der Waals surface area contributed by atoms with Crippen LogP contribution in [0.4, 0.5) is 0 Å². The molecule has 0 bridgehead atoms. The zero-order valence-electron chi connectivity index (χ0n) is 11.4. The summed E-state index contributed by atoms with van der Waals surface area (Å²) in [5.41, 5.74) is 6.27. The van der Waals surface area contributed by atoms with E-state index in [4.69, 9.17) is 10.5 Å². The Morgan fingerprint density at radius 2 is 1.84 bits per heavy atom. The summed E-state index contributed by atoms with van der Waals surface area (Å²) in [5.74, 6) is 1.40. The average molecular weight is 261 g/mol. The number of hydrogen-bond donors (Lipinski definition) is 1. The lowest BCUT2D eigenvalue weighted by molar-refractivity contribution is -0.117. The highest BCUT2D eigenvalue weighted by Gasteiger charge is 2.13. The average Bonchev–Trinajstić information content (AvgIpc) is 2.45. The molecule has 0 heterocycles. The predicted octanol–water partition coefficient (Wildman–Crippen LogP) is 3.06. The van der Waals surface area contributed by atoms with Crippen LogP contribution < -0.4 is 10.5 Å². The van der Waals surface area contributed by atoms with Crippen molar-refractivity contribution in [3.8, 4) is 5.75 Å². The van der Waals surface area contributed by atoms with Gasteiger partial charge in [-0.2, -0.15) is 0 Å². The largest absolute Gasteiger partial charge is 0.493 e. The van der Waals surface area contributed by atoms with Crippen molar-refractivity contribution in [3.63, 3.8) is 0 Å². The molecule has 0 unspecified atom stereocenters. The molecule has 3 nitrogen and oxygen atoms in total. The van der Waals surface area contributed by atoms with E-state index in [1.165, 1.54) is 32.1 Å². The van der Waals surface area contributed by atoms with Crippen molar-refractivity contribution in [2.75, 3.05) is 6.61 Å². The predicted molar refractivity (Wildman–Crippen MR) is 76.0 cm³/mol. The van der Waals surface area contributed by atoms with Gasteiger partial charge < -0.3 is 10.5 Å². The Balaban J connectivity index is 1.76. The first-order valence-electron chi connectivity index (χ1n) is 7.24. The van der Waals surface area contributed by atoms with Crippen LogP contribution in [0, 0.1) is 5.92 Å². The minimum absolute atomic E-state index is 0.252. The summed E-state index contributed by atoms with van der Waals surface area (Å²) in [4.78, 5) is 10.7. The zero-order chi connectivity index (χ0) is 13.5. The fourth-order valence-corrected chi connectivity index (χ4v) is 2.59. The van der Waals surface area contributed by atoms with Gasteiger partial charge in [0.05, 0.1) is 6.61 Å². The number of nitrogens with two attached hydrogens (primary N) is 1. The summed E-state index contributed by atoms with van der Waals surface area (Å²) in [7, 11) is 0. The van der Waals surface area contributed by atoms with Crippen molar-refractivity contribution in [3.05, 3.63) is 29.8 Å². The van der Waals surface area contributed by atoms with E-state index in [1.54, 1.807) is 0 Å². The molecule has 1 saturated carbocycles. The molecule has 1 aliphatic rings. The van der Waals surface area contributed by atoms with Crippen LogP contribution in [0.25, 0.3) is 0 Å². The smallest absolute Gasteiger partial charge is 0.217 e. The molecule has 0 spiro atoms. The molecule has 1 aliphatic carbocycles. The third-order valence-corrected chi connectivity index (χ3v) is 3.79. The van der Waals surface area contributed by atoms with Crippen molar-refractivity contribution in [2.45, 2.75) is 44.9 Å². The summed E-state index contributed by atoms with van der Waals surface area (Å²) in [6.07, 6.45) is 7.79. The molecular weight excluding hydrogens is 238 g/mol. The Morgan fingerprint density at radius 1 is 1.16 bits per heavy atom. The highest BCUT2D eigenvalue weighted by molar-refractivity contribution is 5.73. The van der Waals surface area contributed by atoms with Crippen LogP contribution in [-0.4, -0.2) is 12.5 Å². The molecule has 19 heavy (non-hydrogen) atoms. The maximum atomic E-state index is 10.7. The number of primary amides is 1. The molecule has 2 rings (SSSR count). The molecule has 104 valence electrons. The van der Waals surface area contributed by atoms with E-state index in [2.05, 4.69) is 0 Å². The number of carbonyl (C=O) groups is 1. The summed E-state index contributed by atoms with van der Waals surface area (Å²) >= 11 is 0. The summed E-state index contributed by atoms with van der Waals surface area (Å²) in [6.45, 7) is 0.834. The molecule has 0 aromatic heterocycles. The first kappa shape index (κ1) is 13.9. The van der Waals surface area contributed by atoms with Crippen molar-refractivity contribution in [1.29, 1.82) is 0 Å². The molecule has 1 fully saturated rings. The second-order valence-corrected chi connectivity index (χ2v) is 5.43. The van der Waals surface area contributed by atoms with E-state index in [9.17, 15) is 4.79 Å². The van der Waals surface area contributed by atoms with E-state index < -0.39 is 0 Å². The van der Waals surface area contributed by atoms with Crippen LogP contribution in [-0.2, 0) is 11.2 Å². The highest BCUT2D eigenvalue weighted by Crippen LogP contribution is 2.24. The molecule has 0 radical (unpaired) electrons. The lowest BCUT2D eigenvalue weighted by Gasteiger charge is -2.21. The van der Waals surface area contributed by atoms with Gasteiger partial charge in [0.25, 0.3) is 0 Å². The normalized spacial score (nSPS) is 16.2. The molecule has 2 N–H and O–H groups in total. The van der Waals surface area contributed by atoms with Crippen LogP contribution in [0.2, 0.25) is 0 Å². The number of carbonyl (C=O) groups excluding carboxylic acids is 1. The van der Waals surface area contributed by atoms with Crippen LogP contribution in [0.1, 0.15) is 44.1 Å². The quantitative estimate of drug-likeness (QED) is 0.855. The van der Waals surface area contributed by atoms with Gasteiger partial charge in [-0.3, -0.25) is 4.79 Å². The molecule has 3 heteroatoms. The first-order chi connectivity index (χ1) is 9.24. The fraction of sp³-hybridized carbons (Fsp3) is 0.562. The van der Waals surface area contributed by atoms with Gasteiger partial charge >= 0.3 is 0 Å². The molecule has 1 aromatic rings. The van der Waals surface area contributed by atoms with E-state index >= 15 is 0 Å². The Kier molecular flexibility index (Phi) is 5.25. The minimum Gasteiger partial charge on any atom is -0.493 e. The van der Waals surface area contributed by atoms with Gasteiger partial charge in [-0.25, -0.2) is 0 Å². The number of ether oxygens (including phenoxy) is 1. The third kappa shape index (κ3) is 4.93. The van der Waals surface area contributed by atoms with Crippen molar-refractivity contribution in [1.82, 2.24) is 0 Å². The second kappa shape index (κ2) is 7.17. The van der Waals surface area contributed by atoms with Gasteiger partial charge in [0, 0.05) is 6.42 Å². The van der Waals surface area contributed by atoms with E-state index in [-0.39, 0.29) is 5.91 Å². The van der Waals surface area contributed by atoms with Gasteiger partial charge in [0.1, 0.15) is 5.75 Å². The Hall–Kier alpha value is -1.51. The Labute approximate surface area is 115 Å². The fourth-order valence-electron chi connectivity index (χ4n) is 2.59. The first-order valence-corrected chi connectivity index (χ1v) is 7.24. The Morgan fingerprint density at radius 3 is 2.47 bits per heavy atom. The van der Waals surface area contributed by atoms with Gasteiger partial charge in [-0.05, 0) is 42.9 Å². The molecule has 0 saturated heterocycles. The number of amides is 1. The Bertz CT molecular complexity index is 394. The van der Waals surface area contributed by atoms with Gasteiger partial charge in [-0.1, -0.05) is 31.4 Å². The lowest BCUT2D eigenvalue weighted by atomic mass is 9.90. The SMILES string of the molecule is NC(=O)CCc1ccc(OCC2CCCCC2)cc1.